The molecule has 1 amide bonds. The fourth-order valence-corrected chi connectivity index (χ4v) is 2.26. The number of nitrogens with zero attached hydrogens (tertiary/aromatic N) is 1. The van der Waals surface area contributed by atoms with Crippen LogP contribution in [0.5, 0.6) is 0 Å². The van der Waals surface area contributed by atoms with Crippen molar-refractivity contribution in [1.82, 2.24) is 9.88 Å². The lowest BCUT2D eigenvalue weighted by Crippen LogP contribution is -2.33. The van der Waals surface area contributed by atoms with Crippen LogP contribution < -0.4 is 0 Å². The van der Waals surface area contributed by atoms with Gasteiger partial charge in [-0.1, -0.05) is 24.3 Å². The summed E-state index contributed by atoms with van der Waals surface area (Å²) < 4.78 is 0. The zero-order valence-electron chi connectivity index (χ0n) is 9.52. The van der Waals surface area contributed by atoms with Gasteiger partial charge in [0.05, 0.1) is 11.1 Å². The quantitative estimate of drug-likeness (QED) is 0.745. The Bertz CT molecular complexity index is 583. The Morgan fingerprint density at radius 1 is 1.24 bits per heavy atom. The van der Waals surface area contributed by atoms with E-state index in [1.54, 1.807) is 0 Å². The summed E-state index contributed by atoms with van der Waals surface area (Å²) in [4.78, 5) is 17.4. The maximum absolute atomic E-state index is 12.4. The Labute approximate surface area is 99.7 Å². The molecule has 1 aliphatic rings. The van der Waals surface area contributed by atoms with E-state index < -0.39 is 0 Å². The second kappa shape index (κ2) is 4.09. The van der Waals surface area contributed by atoms with Crippen LogP contribution in [-0.2, 0) is 0 Å². The highest BCUT2D eigenvalue weighted by atomic mass is 16.2. The highest BCUT2D eigenvalue weighted by Gasteiger charge is 2.18. The standard InChI is InChI=1S/C14H14N2O/c17-14(16-9-2-1-3-10-16)12-6-4-5-11-7-8-15-13(11)12/h1-2,4-8,15H,3,9-10H2. The third-order valence-corrected chi connectivity index (χ3v) is 3.16. The SMILES string of the molecule is O=C(c1cccc2cc[nH]c12)N1CC=CCC1. The van der Waals surface area contributed by atoms with Crippen molar-refractivity contribution in [2.45, 2.75) is 6.42 Å². The van der Waals surface area contributed by atoms with Crippen LogP contribution in [0, 0.1) is 0 Å². The summed E-state index contributed by atoms with van der Waals surface area (Å²) in [6, 6.07) is 7.82. The maximum atomic E-state index is 12.4. The smallest absolute Gasteiger partial charge is 0.256 e. The molecule has 86 valence electrons. The van der Waals surface area contributed by atoms with Crippen molar-refractivity contribution in [3.05, 3.63) is 48.2 Å². The monoisotopic (exact) mass is 226 g/mol. The molecule has 3 heteroatoms. The third kappa shape index (κ3) is 1.73. The molecule has 0 bridgehead atoms. The molecule has 2 aromatic rings. The minimum absolute atomic E-state index is 0.113. The number of amides is 1. The first-order valence-corrected chi connectivity index (χ1v) is 5.86. The molecular weight excluding hydrogens is 212 g/mol. The van der Waals surface area contributed by atoms with Gasteiger partial charge >= 0.3 is 0 Å². The highest BCUT2D eigenvalue weighted by molar-refractivity contribution is 6.05. The van der Waals surface area contributed by atoms with Crippen LogP contribution in [0.3, 0.4) is 0 Å². The number of hydrogen-bond donors (Lipinski definition) is 1. The van der Waals surface area contributed by atoms with E-state index in [0.717, 1.165) is 36.0 Å². The number of benzene rings is 1. The lowest BCUT2D eigenvalue weighted by atomic mass is 10.1. The summed E-state index contributed by atoms with van der Waals surface area (Å²) in [7, 11) is 0. The van der Waals surface area contributed by atoms with Crippen molar-refractivity contribution >= 4 is 16.8 Å². The highest BCUT2D eigenvalue weighted by Crippen LogP contribution is 2.19. The third-order valence-electron chi connectivity index (χ3n) is 3.16. The molecule has 1 aromatic carbocycles. The summed E-state index contributed by atoms with van der Waals surface area (Å²) in [5.74, 6) is 0.113. The van der Waals surface area contributed by atoms with Crippen molar-refractivity contribution in [3.8, 4) is 0 Å². The fourth-order valence-electron chi connectivity index (χ4n) is 2.26. The Hall–Kier alpha value is -2.03. The molecule has 0 fully saturated rings. The molecule has 0 atom stereocenters. The van der Waals surface area contributed by atoms with E-state index in [-0.39, 0.29) is 5.91 Å². The van der Waals surface area contributed by atoms with Crippen LogP contribution in [0.15, 0.2) is 42.6 Å². The first kappa shape index (κ1) is 10.1. The predicted octanol–water partition coefficient (Wildman–Crippen LogP) is 2.57. The van der Waals surface area contributed by atoms with Crippen molar-refractivity contribution in [2.75, 3.05) is 13.1 Å². The number of aromatic nitrogens is 1. The van der Waals surface area contributed by atoms with Gasteiger partial charge in [-0.25, -0.2) is 0 Å². The van der Waals surface area contributed by atoms with E-state index >= 15 is 0 Å². The van der Waals surface area contributed by atoms with Crippen LogP contribution in [0.2, 0.25) is 0 Å². The van der Waals surface area contributed by atoms with E-state index in [2.05, 4.69) is 17.1 Å². The molecular formula is C14H14N2O. The van der Waals surface area contributed by atoms with Gasteiger partial charge in [0.1, 0.15) is 0 Å². The van der Waals surface area contributed by atoms with Gasteiger partial charge in [-0.15, -0.1) is 0 Å². The summed E-state index contributed by atoms with van der Waals surface area (Å²) in [5, 5.41) is 1.09. The zero-order valence-corrected chi connectivity index (χ0v) is 9.52. The van der Waals surface area contributed by atoms with Gasteiger partial charge in [0.15, 0.2) is 0 Å². The van der Waals surface area contributed by atoms with Crippen LogP contribution >= 0.6 is 0 Å². The summed E-state index contributed by atoms with van der Waals surface area (Å²) in [6.45, 7) is 1.53. The van der Waals surface area contributed by atoms with Crippen LogP contribution in [-0.4, -0.2) is 28.9 Å². The molecule has 1 aliphatic heterocycles. The number of hydrogen-bond acceptors (Lipinski definition) is 1. The Morgan fingerprint density at radius 2 is 2.18 bits per heavy atom. The molecule has 0 saturated heterocycles. The number of H-pyrrole nitrogens is 1. The number of aromatic amines is 1. The van der Waals surface area contributed by atoms with Crippen molar-refractivity contribution in [1.29, 1.82) is 0 Å². The average molecular weight is 226 g/mol. The normalized spacial score (nSPS) is 15.4. The van der Waals surface area contributed by atoms with E-state index in [4.69, 9.17) is 0 Å². The average Bonchev–Trinajstić information content (AvgIpc) is 2.87. The van der Waals surface area contributed by atoms with E-state index in [9.17, 15) is 4.79 Å². The van der Waals surface area contributed by atoms with Crippen molar-refractivity contribution in [3.63, 3.8) is 0 Å². The number of carbonyl (C=O) groups excluding carboxylic acids is 1. The van der Waals surface area contributed by atoms with E-state index in [1.165, 1.54) is 0 Å². The molecule has 0 unspecified atom stereocenters. The maximum Gasteiger partial charge on any atom is 0.256 e. The number of fused-ring (bicyclic) bond motifs is 1. The molecule has 0 aliphatic carbocycles. The second-order valence-corrected chi connectivity index (χ2v) is 4.26. The predicted molar refractivity (Wildman–Crippen MR) is 68.0 cm³/mol. The van der Waals surface area contributed by atoms with E-state index in [0.29, 0.717) is 0 Å². The second-order valence-electron chi connectivity index (χ2n) is 4.26. The molecule has 0 saturated carbocycles. The number of rotatable bonds is 1. The molecule has 0 spiro atoms. The largest absolute Gasteiger partial charge is 0.361 e. The summed E-state index contributed by atoms with van der Waals surface area (Å²) >= 11 is 0. The Kier molecular flexibility index (Phi) is 2.44. The molecule has 17 heavy (non-hydrogen) atoms. The molecule has 1 aromatic heterocycles. The number of para-hydroxylation sites is 1. The molecule has 3 nitrogen and oxygen atoms in total. The molecule has 3 rings (SSSR count). The molecule has 2 heterocycles. The van der Waals surface area contributed by atoms with Gasteiger partial charge in [0.25, 0.3) is 5.91 Å². The van der Waals surface area contributed by atoms with Gasteiger partial charge in [0.2, 0.25) is 0 Å². The number of carbonyl (C=O) groups is 1. The molecule has 0 radical (unpaired) electrons. The van der Waals surface area contributed by atoms with Gasteiger partial charge in [0, 0.05) is 24.7 Å². The van der Waals surface area contributed by atoms with Gasteiger partial charge in [-0.05, 0) is 18.6 Å². The van der Waals surface area contributed by atoms with Crippen molar-refractivity contribution < 1.29 is 4.79 Å². The van der Waals surface area contributed by atoms with Gasteiger partial charge in [-0.2, -0.15) is 0 Å². The Balaban J connectivity index is 2.00. The molecule has 1 N–H and O–H groups in total. The number of nitrogens with one attached hydrogen (secondary N) is 1. The van der Waals surface area contributed by atoms with Crippen LogP contribution in [0.4, 0.5) is 0 Å². The summed E-state index contributed by atoms with van der Waals surface area (Å²) in [5.41, 5.74) is 1.70. The first-order chi connectivity index (χ1) is 8.36. The summed E-state index contributed by atoms with van der Waals surface area (Å²) in [6.07, 6.45) is 7.00. The van der Waals surface area contributed by atoms with Crippen LogP contribution in [0.25, 0.3) is 10.9 Å². The first-order valence-electron chi connectivity index (χ1n) is 5.86. The lowest BCUT2D eigenvalue weighted by molar-refractivity contribution is 0.0773. The fraction of sp³-hybridized carbons (Fsp3) is 0.214. The van der Waals surface area contributed by atoms with E-state index in [1.807, 2.05) is 35.4 Å². The minimum atomic E-state index is 0.113. The zero-order chi connectivity index (χ0) is 11.7. The van der Waals surface area contributed by atoms with Gasteiger partial charge < -0.3 is 9.88 Å². The van der Waals surface area contributed by atoms with Gasteiger partial charge in [-0.3, -0.25) is 4.79 Å². The van der Waals surface area contributed by atoms with Crippen LogP contribution in [0.1, 0.15) is 16.8 Å². The minimum Gasteiger partial charge on any atom is -0.361 e. The topological polar surface area (TPSA) is 36.1 Å². The van der Waals surface area contributed by atoms with Crippen molar-refractivity contribution in [2.24, 2.45) is 0 Å². The Morgan fingerprint density at radius 3 is 3.00 bits per heavy atom. The lowest BCUT2D eigenvalue weighted by Gasteiger charge is -2.23.